The number of benzene rings is 1. The molecule has 1 aromatic heterocycles. The summed E-state index contributed by atoms with van der Waals surface area (Å²) < 4.78 is 5.95. The zero-order chi connectivity index (χ0) is 18.6. The first-order valence-corrected chi connectivity index (χ1v) is 9.44. The summed E-state index contributed by atoms with van der Waals surface area (Å²) in [5.41, 5.74) is 2.09. The average Bonchev–Trinajstić information content (AvgIpc) is 3.15. The molecule has 2 aromatic rings. The second-order valence-electron chi connectivity index (χ2n) is 7.08. The van der Waals surface area contributed by atoms with E-state index in [1.54, 1.807) is 6.20 Å². The third kappa shape index (κ3) is 4.27. The molecule has 6 heteroatoms. The Balaban J connectivity index is 1.28. The smallest absolute Gasteiger partial charge is 0.225 e. The van der Waals surface area contributed by atoms with Crippen LogP contribution in [-0.2, 0) is 22.4 Å². The number of rotatable bonds is 5. The molecule has 0 aliphatic carbocycles. The molecule has 27 heavy (non-hydrogen) atoms. The van der Waals surface area contributed by atoms with Crippen LogP contribution >= 0.6 is 0 Å². The molecule has 140 valence electrons. The van der Waals surface area contributed by atoms with Gasteiger partial charge in [0.1, 0.15) is 17.7 Å². The summed E-state index contributed by atoms with van der Waals surface area (Å²) in [7, 11) is 0. The number of likely N-dealkylation sites (tertiary alicyclic amines) is 1. The van der Waals surface area contributed by atoms with Gasteiger partial charge in [-0.2, -0.15) is 0 Å². The molecule has 1 aromatic carbocycles. The van der Waals surface area contributed by atoms with Gasteiger partial charge in [0.2, 0.25) is 11.8 Å². The van der Waals surface area contributed by atoms with Crippen LogP contribution in [0.3, 0.4) is 0 Å². The normalized spacial score (nSPS) is 18.7. The quantitative estimate of drug-likeness (QED) is 0.884. The van der Waals surface area contributed by atoms with Gasteiger partial charge in [0.05, 0.1) is 6.54 Å². The largest absolute Gasteiger partial charge is 0.489 e. The SMILES string of the molecule is O=C1CCc2cc(CCC(=O)N3CCC(Oc4ccccc4)C3)cnc2N1. The fourth-order valence-electron chi connectivity index (χ4n) is 3.59. The Labute approximate surface area is 158 Å². The first-order valence-electron chi connectivity index (χ1n) is 9.44. The molecular weight excluding hydrogens is 342 g/mol. The van der Waals surface area contributed by atoms with Gasteiger partial charge in [-0.15, -0.1) is 0 Å². The van der Waals surface area contributed by atoms with Crippen molar-refractivity contribution in [2.75, 3.05) is 18.4 Å². The molecular formula is C21H23N3O3. The average molecular weight is 365 g/mol. The van der Waals surface area contributed by atoms with E-state index in [0.29, 0.717) is 38.0 Å². The fraction of sp³-hybridized carbons (Fsp3) is 0.381. The van der Waals surface area contributed by atoms with Gasteiger partial charge in [-0.05, 0) is 36.1 Å². The lowest BCUT2D eigenvalue weighted by atomic mass is 10.0. The van der Waals surface area contributed by atoms with Crippen LogP contribution < -0.4 is 10.1 Å². The number of ether oxygens (including phenoxy) is 1. The van der Waals surface area contributed by atoms with E-state index < -0.39 is 0 Å². The molecule has 2 amide bonds. The zero-order valence-corrected chi connectivity index (χ0v) is 15.2. The number of carbonyl (C=O) groups excluding carboxylic acids is 2. The fourth-order valence-corrected chi connectivity index (χ4v) is 3.59. The Morgan fingerprint density at radius 2 is 2.11 bits per heavy atom. The minimum Gasteiger partial charge on any atom is -0.489 e. The number of fused-ring (bicyclic) bond motifs is 1. The maximum Gasteiger partial charge on any atom is 0.225 e. The Morgan fingerprint density at radius 3 is 2.96 bits per heavy atom. The number of hydrogen-bond donors (Lipinski definition) is 1. The summed E-state index contributed by atoms with van der Waals surface area (Å²) in [6.45, 7) is 1.38. The second kappa shape index (κ2) is 7.78. The Kier molecular flexibility index (Phi) is 5.05. The van der Waals surface area contributed by atoms with E-state index in [9.17, 15) is 9.59 Å². The van der Waals surface area contributed by atoms with Crippen LogP contribution in [0.25, 0.3) is 0 Å². The molecule has 2 aliphatic rings. The lowest BCUT2D eigenvalue weighted by molar-refractivity contribution is -0.130. The molecule has 0 spiro atoms. The highest BCUT2D eigenvalue weighted by Gasteiger charge is 2.27. The highest BCUT2D eigenvalue weighted by Crippen LogP contribution is 2.22. The lowest BCUT2D eigenvalue weighted by Crippen LogP contribution is -2.31. The third-order valence-electron chi connectivity index (χ3n) is 5.07. The molecule has 1 N–H and O–H groups in total. The lowest BCUT2D eigenvalue weighted by Gasteiger charge is -2.18. The van der Waals surface area contributed by atoms with E-state index in [2.05, 4.69) is 16.4 Å². The molecule has 1 saturated heterocycles. The molecule has 4 rings (SSSR count). The van der Waals surface area contributed by atoms with E-state index in [1.165, 1.54) is 0 Å². The van der Waals surface area contributed by atoms with Crippen LogP contribution in [0.15, 0.2) is 42.6 Å². The summed E-state index contributed by atoms with van der Waals surface area (Å²) in [5, 5.41) is 2.78. The van der Waals surface area contributed by atoms with Crippen molar-refractivity contribution in [3.8, 4) is 5.75 Å². The summed E-state index contributed by atoms with van der Waals surface area (Å²) in [4.78, 5) is 30.2. The van der Waals surface area contributed by atoms with Crippen LogP contribution in [0.1, 0.15) is 30.4 Å². The topological polar surface area (TPSA) is 71.5 Å². The number of carbonyl (C=O) groups is 2. The van der Waals surface area contributed by atoms with Gasteiger partial charge in [-0.1, -0.05) is 24.3 Å². The molecule has 0 saturated carbocycles. The van der Waals surface area contributed by atoms with Gasteiger partial charge >= 0.3 is 0 Å². The number of hydrogen-bond acceptors (Lipinski definition) is 4. The van der Waals surface area contributed by atoms with E-state index in [0.717, 1.165) is 29.8 Å². The van der Waals surface area contributed by atoms with E-state index in [1.807, 2.05) is 35.2 Å². The summed E-state index contributed by atoms with van der Waals surface area (Å²) >= 11 is 0. The van der Waals surface area contributed by atoms with Crippen LogP contribution in [-0.4, -0.2) is 40.9 Å². The van der Waals surface area contributed by atoms with Gasteiger partial charge in [0.25, 0.3) is 0 Å². The third-order valence-corrected chi connectivity index (χ3v) is 5.07. The summed E-state index contributed by atoms with van der Waals surface area (Å²) in [6.07, 6.45) is 5.00. The van der Waals surface area contributed by atoms with Crippen LogP contribution in [0.2, 0.25) is 0 Å². The highest BCUT2D eigenvalue weighted by atomic mass is 16.5. The van der Waals surface area contributed by atoms with Crippen molar-refractivity contribution in [1.82, 2.24) is 9.88 Å². The van der Waals surface area contributed by atoms with Crippen molar-refractivity contribution < 1.29 is 14.3 Å². The van der Waals surface area contributed by atoms with Gasteiger partial charge in [-0.3, -0.25) is 9.59 Å². The predicted molar refractivity (Wildman–Crippen MR) is 102 cm³/mol. The molecule has 3 heterocycles. The van der Waals surface area contributed by atoms with Crippen molar-refractivity contribution in [3.05, 3.63) is 53.7 Å². The molecule has 1 atom stereocenters. The number of para-hydroxylation sites is 1. The number of nitrogens with one attached hydrogen (secondary N) is 1. The number of pyridine rings is 1. The van der Waals surface area contributed by atoms with Gasteiger partial charge in [-0.25, -0.2) is 4.98 Å². The summed E-state index contributed by atoms with van der Waals surface area (Å²) in [6, 6.07) is 11.8. The molecule has 0 bridgehead atoms. The maximum atomic E-state index is 12.5. The maximum absolute atomic E-state index is 12.5. The molecule has 2 aliphatic heterocycles. The van der Waals surface area contributed by atoms with E-state index in [4.69, 9.17) is 4.74 Å². The highest BCUT2D eigenvalue weighted by molar-refractivity contribution is 5.92. The van der Waals surface area contributed by atoms with Crippen molar-refractivity contribution in [2.24, 2.45) is 0 Å². The summed E-state index contributed by atoms with van der Waals surface area (Å²) in [5.74, 6) is 1.67. The number of anilines is 1. The Morgan fingerprint density at radius 1 is 1.26 bits per heavy atom. The number of amides is 2. The number of aromatic nitrogens is 1. The van der Waals surface area contributed by atoms with Gasteiger partial charge in [0, 0.05) is 32.0 Å². The predicted octanol–water partition coefficient (Wildman–Crippen LogP) is 2.58. The van der Waals surface area contributed by atoms with Crippen LogP contribution in [0.5, 0.6) is 5.75 Å². The molecule has 1 fully saturated rings. The second-order valence-corrected chi connectivity index (χ2v) is 7.08. The molecule has 0 radical (unpaired) electrons. The number of aryl methyl sites for hydroxylation is 2. The van der Waals surface area contributed by atoms with Crippen molar-refractivity contribution >= 4 is 17.6 Å². The van der Waals surface area contributed by atoms with Gasteiger partial charge in [0.15, 0.2) is 0 Å². The van der Waals surface area contributed by atoms with E-state index >= 15 is 0 Å². The Bertz CT molecular complexity index is 838. The van der Waals surface area contributed by atoms with Crippen molar-refractivity contribution in [3.63, 3.8) is 0 Å². The van der Waals surface area contributed by atoms with Crippen molar-refractivity contribution in [1.29, 1.82) is 0 Å². The van der Waals surface area contributed by atoms with E-state index in [-0.39, 0.29) is 17.9 Å². The van der Waals surface area contributed by atoms with Crippen LogP contribution in [0.4, 0.5) is 5.82 Å². The standard InChI is InChI=1S/C21H23N3O3/c25-19-8-7-16-12-15(13-22-21(16)23-19)6-9-20(26)24-11-10-18(14-24)27-17-4-2-1-3-5-17/h1-5,12-13,18H,6-11,14H2,(H,22,23,25). The number of nitrogens with zero attached hydrogens (tertiary/aromatic N) is 2. The first kappa shape index (κ1) is 17.5. The van der Waals surface area contributed by atoms with Gasteiger partial charge < -0.3 is 15.0 Å². The molecule has 6 nitrogen and oxygen atoms in total. The minimum absolute atomic E-state index is 0.0132. The Hall–Kier alpha value is -2.89. The zero-order valence-electron chi connectivity index (χ0n) is 15.2. The minimum atomic E-state index is 0.0132. The van der Waals surface area contributed by atoms with Crippen molar-refractivity contribution in [2.45, 2.75) is 38.2 Å². The monoisotopic (exact) mass is 365 g/mol. The first-order chi connectivity index (χ1) is 13.2. The molecule has 1 unspecified atom stereocenters. The van der Waals surface area contributed by atoms with Crippen LogP contribution in [0, 0.1) is 0 Å².